The van der Waals surface area contributed by atoms with Gasteiger partial charge in [-0.3, -0.25) is 4.79 Å². The molecule has 8 heteroatoms. The maximum absolute atomic E-state index is 13.2. The largest absolute Gasteiger partial charge is 0.495 e. The molecule has 1 N–H and O–H groups in total. The number of fused-ring (bicyclic) bond motifs is 1. The summed E-state index contributed by atoms with van der Waals surface area (Å²) >= 11 is 0. The minimum atomic E-state index is -3.64. The first-order valence-electron chi connectivity index (χ1n) is 9.59. The molecule has 0 bridgehead atoms. The number of anilines is 2. The van der Waals surface area contributed by atoms with E-state index in [4.69, 9.17) is 4.74 Å². The number of ether oxygens (including phenoxy) is 1. The first kappa shape index (κ1) is 19.7. The Balaban J connectivity index is 1.55. The summed E-state index contributed by atoms with van der Waals surface area (Å²) in [6.45, 7) is 5.54. The zero-order chi connectivity index (χ0) is 20.8. The zero-order valence-corrected chi connectivity index (χ0v) is 17.6. The summed E-state index contributed by atoms with van der Waals surface area (Å²) in [5, 5.41) is 2.81. The number of carbonyl (C=O) groups is 1. The highest BCUT2D eigenvalue weighted by Gasteiger charge is 2.39. The van der Waals surface area contributed by atoms with Gasteiger partial charge in [0, 0.05) is 31.9 Å². The van der Waals surface area contributed by atoms with Crippen LogP contribution < -0.4 is 15.0 Å². The summed E-state index contributed by atoms with van der Waals surface area (Å²) < 4.78 is 33.4. The summed E-state index contributed by atoms with van der Waals surface area (Å²) in [5.74, 6) is 0.661. The van der Waals surface area contributed by atoms with E-state index in [-0.39, 0.29) is 10.8 Å². The van der Waals surface area contributed by atoms with Gasteiger partial charge in [-0.2, -0.15) is 4.31 Å². The lowest BCUT2D eigenvalue weighted by Gasteiger charge is -2.36. The molecule has 1 amide bonds. The van der Waals surface area contributed by atoms with Gasteiger partial charge in [-0.1, -0.05) is 12.1 Å². The van der Waals surface area contributed by atoms with Crippen molar-refractivity contribution in [3.63, 3.8) is 0 Å². The van der Waals surface area contributed by atoms with E-state index in [1.54, 1.807) is 39.2 Å². The molecule has 7 nitrogen and oxygen atoms in total. The van der Waals surface area contributed by atoms with Gasteiger partial charge < -0.3 is 15.0 Å². The minimum absolute atomic E-state index is 0.118. The number of hydrogen-bond donors (Lipinski definition) is 1. The van der Waals surface area contributed by atoms with Crippen LogP contribution in [0.5, 0.6) is 5.75 Å². The molecule has 154 valence electrons. The Labute approximate surface area is 171 Å². The second-order valence-electron chi connectivity index (χ2n) is 7.85. The van der Waals surface area contributed by atoms with E-state index in [1.807, 2.05) is 24.3 Å². The Morgan fingerprint density at radius 1 is 1.03 bits per heavy atom. The van der Waals surface area contributed by atoms with E-state index in [0.717, 1.165) is 17.0 Å². The first-order chi connectivity index (χ1) is 13.7. The van der Waals surface area contributed by atoms with Gasteiger partial charge in [0.25, 0.3) is 0 Å². The lowest BCUT2D eigenvalue weighted by atomic mass is 9.86. The smallest absolute Gasteiger partial charge is 0.243 e. The number of carbonyl (C=O) groups excluding carboxylic acids is 1. The highest BCUT2D eigenvalue weighted by atomic mass is 32.2. The fourth-order valence-corrected chi connectivity index (χ4v) is 5.37. The Morgan fingerprint density at radius 2 is 1.72 bits per heavy atom. The quantitative estimate of drug-likeness (QED) is 0.830. The average Bonchev–Trinajstić information content (AvgIpc) is 2.96. The van der Waals surface area contributed by atoms with Crippen LogP contribution in [0.15, 0.2) is 47.4 Å². The van der Waals surface area contributed by atoms with Gasteiger partial charge in [0.2, 0.25) is 15.9 Å². The second kappa shape index (κ2) is 7.03. The molecule has 1 fully saturated rings. The van der Waals surface area contributed by atoms with E-state index < -0.39 is 15.4 Å². The van der Waals surface area contributed by atoms with Crippen LogP contribution in [0.3, 0.4) is 0 Å². The summed E-state index contributed by atoms with van der Waals surface area (Å²) in [7, 11) is -2.00. The lowest BCUT2D eigenvalue weighted by molar-refractivity contribution is -0.119. The molecule has 0 atom stereocenters. The summed E-state index contributed by atoms with van der Waals surface area (Å²) in [6, 6.07) is 12.6. The van der Waals surface area contributed by atoms with Crippen molar-refractivity contribution in [3.8, 4) is 5.75 Å². The molecule has 0 saturated carbocycles. The molecule has 0 radical (unpaired) electrons. The maximum Gasteiger partial charge on any atom is 0.243 e. The van der Waals surface area contributed by atoms with Crippen molar-refractivity contribution in [3.05, 3.63) is 48.0 Å². The maximum atomic E-state index is 13.2. The van der Waals surface area contributed by atoms with Crippen LogP contribution in [0.25, 0.3) is 0 Å². The van der Waals surface area contributed by atoms with Gasteiger partial charge in [0.15, 0.2) is 0 Å². The number of hydrogen-bond acceptors (Lipinski definition) is 5. The molecule has 4 rings (SSSR count). The van der Waals surface area contributed by atoms with Gasteiger partial charge in [-0.25, -0.2) is 8.42 Å². The van der Waals surface area contributed by atoms with Crippen molar-refractivity contribution >= 4 is 27.3 Å². The Kier molecular flexibility index (Phi) is 4.78. The lowest BCUT2D eigenvalue weighted by Crippen LogP contribution is -2.48. The third kappa shape index (κ3) is 3.26. The Hall–Kier alpha value is -2.58. The predicted octanol–water partition coefficient (Wildman–Crippen LogP) is 2.44. The predicted molar refractivity (Wildman–Crippen MR) is 112 cm³/mol. The number of sulfonamides is 1. The van der Waals surface area contributed by atoms with E-state index in [1.165, 1.54) is 4.31 Å². The summed E-state index contributed by atoms with van der Waals surface area (Å²) in [5.41, 5.74) is 1.62. The monoisotopic (exact) mass is 415 g/mol. The van der Waals surface area contributed by atoms with Gasteiger partial charge in [-0.15, -0.1) is 0 Å². The number of para-hydroxylation sites is 2. The molecule has 1 saturated heterocycles. The molecule has 2 heterocycles. The number of amides is 1. The van der Waals surface area contributed by atoms with Crippen molar-refractivity contribution < 1.29 is 17.9 Å². The van der Waals surface area contributed by atoms with Crippen LogP contribution in [0.2, 0.25) is 0 Å². The highest BCUT2D eigenvalue weighted by Crippen LogP contribution is 2.39. The van der Waals surface area contributed by atoms with Gasteiger partial charge in [0.05, 0.1) is 23.1 Å². The third-order valence-electron chi connectivity index (χ3n) is 5.78. The number of piperazine rings is 1. The van der Waals surface area contributed by atoms with Crippen LogP contribution in [-0.4, -0.2) is 51.9 Å². The number of benzene rings is 2. The molecule has 0 aliphatic carbocycles. The summed E-state index contributed by atoms with van der Waals surface area (Å²) in [6.07, 6.45) is 0. The Morgan fingerprint density at radius 3 is 2.41 bits per heavy atom. The molecule has 29 heavy (non-hydrogen) atoms. The van der Waals surface area contributed by atoms with Crippen molar-refractivity contribution in [1.82, 2.24) is 4.31 Å². The number of methoxy groups -OCH3 is 1. The zero-order valence-electron chi connectivity index (χ0n) is 16.8. The molecule has 2 aliphatic rings. The molecular weight excluding hydrogens is 390 g/mol. The molecule has 0 unspecified atom stereocenters. The van der Waals surface area contributed by atoms with Crippen molar-refractivity contribution in [2.24, 2.45) is 0 Å². The second-order valence-corrected chi connectivity index (χ2v) is 9.79. The molecule has 2 aromatic rings. The van der Waals surface area contributed by atoms with Crippen LogP contribution in [0, 0.1) is 0 Å². The SMILES string of the molecule is COc1ccccc1N1CCN(S(=O)(=O)c2ccc3c(c2)C(C)(C)C(=O)N3)CC1. The van der Waals surface area contributed by atoms with Crippen molar-refractivity contribution in [2.45, 2.75) is 24.2 Å². The standard InChI is InChI=1S/C21H25N3O4S/c1-21(2)16-14-15(8-9-17(16)22-20(21)25)29(26,27)24-12-10-23(11-13-24)18-6-4-5-7-19(18)28-3/h4-9,14H,10-13H2,1-3H3,(H,22,25). The van der Waals surface area contributed by atoms with Crippen molar-refractivity contribution in [1.29, 1.82) is 0 Å². The van der Waals surface area contributed by atoms with E-state index in [0.29, 0.717) is 31.9 Å². The number of rotatable bonds is 4. The van der Waals surface area contributed by atoms with Gasteiger partial charge >= 0.3 is 0 Å². The van der Waals surface area contributed by atoms with Gasteiger partial charge in [-0.05, 0) is 49.7 Å². The first-order valence-corrected chi connectivity index (χ1v) is 11.0. The summed E-state index contributed by atoms with van der Waals surface area (Å²) in [4.78, 5) is 14.5. The Bertz CT molecular complexity index is 1060. The topological polar surface area (TPSA) is 79.0 Å². The molecule has 2 aromatic carbocycles. The van der Waals surface area contributed by atoms with E-state index in [2.05, 4.69) is 10.2 Å². The van der Waals surface area contributed by atoms with Crippen LogP contribution >= 0.6 is 0 Å². The fourth-order valence-electron chi connectivity index (χ4n) is 3.92. The van der Waals surface area contributed by atoms with Crippen LogP contribution in [0.4, 0.5) is 11.4 Å². The normalized spacial score (nSPS) is 19.0. The average molecular weight is 416 g/mol. The van der Waals surface area contributed by atoms with Crippen LogP contribution in [-0.2, 0) is 20.2 Å². The molecular formula is C21H25N3O4S. The van der Waals surface area contributed by atoms with Crippen molar-refractivity contribution in [2.75, 3.05) is 43.5 Å². The third-order valence-corrected chi connectivity index (χ3v) is 7.68. The fraction of sp³-hybridized carbons (Fsp3) is 0.381. The number of nitrogens with one attached hydrogen (secondary N) is 1. The highest BCUT2D eigenvalue weighted by molar-refractivity contribution is 7.89. The van der Waals surface area contributed by atoms with E-state index >= 15 is 0 Å². The van der Waals surface area contributed by atoms with E-state index in [9.17, 15) is 13.2 Å². The van der Waals surface area contributed by atoms with Crippen LogP contribution in [0.1, 0.15) is 19.4 Å². The molecule has 0 spiro atoms. The van der Waals surface area contributed by atoms with Gasteiger partial charge in [0.1, 0.15) is 5.75 Å². The molecule has 0 aromatic heterocycles. The number of nitrogens with zero attached hydrogens (tertiary/aromatic N) is 2. The molecule has 2 aliphatic heterocycles. The minimum Gasteiger partial charge on any atom is -0.495 e.